The zero-order valence-electron chi connectivity index (χ0n) is 10.6. The van der Waals surface area contributed by atoms with Crippen LogP contribution >= 0.6 is 0 Å². The molecule has 1 aliphatic rings. The van der Waals surface area contributed by atoms with E-state index in [1.807, 2.05) is 13.0 Å². The Balaban J connectivity index is 2.18. The van der Waals surface area contributed by atoms with E-state index in [4.69, 9.17) is 14.7 Å². The van der Waals surface area contributed by atoms with Gasteiger partial charge in [0.25, 0.3) is 5.91 Å². The molecule has 5 nitrogen and oxygen atoms in total. The maximum Gasteiger partial charge on any atom is 0.261 e. The highest BCUT2D eigenvalue weighted by Crippen LogP contribution is 2.33. The molecule has 1 amide bonds. The summed E-state index contributed by atoms with van der Waals surface area (Å²) in [5, 5.41) is 11.7. The van der Waals surface area contributed by atoms with E-state index in [2.05, 4.69) is 5.32 Å². The van der Waals surface area contributed by atoms with Crippen molar-refractivity contribution in [2.75, 3.05) is 13.3 Å². The van der Waals surface area contributed by atoms with Crippen molar-refractivity contribution in [2.45, 2.75) is 13.3 Å². The molecule has 0 saturated heterocycles. The zero-order chi connectivity index (χ0) is 13.7. The van der Waals surface area contributed by atoms with E-state index in [1.165, 1.54) is 6.08 Å². The minimum atomic E-state index is -0.359. The first-order valence-electron chi connectivity index (χ1n) is 6.04. The molecule has 0 fully saturated rings. The first-order valence-corrected chi connectivity index (χ1v) is 6.04. The van der Waals surface area contributed by atoms with Crippen LogP contribution in [0.5, 0.6) is 11.5 Å². The third kappa shape index (κ3) is 3.05. The number of ether oxygens (including phenoxy) is 2. The summed E-state index contributed by atoms with van der Waals surface area (Å²) in [6.07, 6.45) is 2.36. The summed E-state index contributed by atoms with van der Waals surface area (Å²) < 4.78 is 10.4. The molecule has 1 aromatic rings. The lowest BCUT2D eigenvalue weighted by molar-refractivity contribution is -0.117. The predicted octanol–water partition coefficient (Wildman–Crippen LogP) is 1.85. The number of fused-ring (bicyclic) bond motifs is 1. The van der Waals surface area contributed by atoms with Gasteiger partial charge in [-0.05, 0) is 30.2 Å². The summed E-state index contributed by atoms with van der Waals surface area (Å²) in [6, 6.07) is 7.18. The van der Waals surface area contributed by atoms with Crippen molar-refractivity contribution in [3.63, 3.8) is 0 Å². The van der Waals surface area contributed by atoms with Crippen LogP contribution in [0, 0.1) is 11.3 Å². The second-order valence-electron chi connectivity index (χ2n) is 4.04. The molecule has 0 aromatic heterocycles. The van der Waals surface area contributed by atoms with E-state index in [0.717, 1.165) is 12.0 Å². The molecule has 0 spiro atoms. The lowest BCUT2D eigenvalue weighted by atomic mass is 10.1. The summed E-state index contributed by atoms with van der Waals surface area (Å²) >= 11 is 0. The number of carbonyl (C=O) groups is 1. The van der Waals surface area contributed by atoms with Crippen LogP contribution in [0.3, 0.4) is 0 Å². The van der Waals surface area contributed by atoms with Gasteiger partial charge in [-0.1, -0.05) is 13.0 Å². The van der Waals surface area contributed by atoms with Gasteiger partial charge in [-0.25, -0.2) is 0 Å². The van der Waals surface area contributed by atoms with Crippen molar-refractivity contribution in [3.8, 4) is 17.6 Å². The maximum atomic E-state index is 11.7. The van der Waals surface area contributed by atoms with Gasteiger partial charge in [-0.2, -0.15) is 5.26 Å². The van der Waals surface area contributed by atoms with E-state index >= 15 is 0 Å². The van der Waals surface area contributed by atoms with Gasteiger partial charge in [-0.15, -0.1) is 0 Å². The van der Waals surface area contributed by atoms with E-state index in [-0.39, 0.29) is 18.3 Å². The molecule has 0 aliphatic carbocycles. The van der Waals surface area contributed by atoms with Crippen LogP contribution in [0.2, 0.25) is 0 Å². The highest BCUT2D eigenvalue weighted by Gasteiger charge is 2.14. The molecular formula is C14H14N2O3. The predicted molar refractivity (Wildman–Crippen MR) is 69.5 cm³/mol. The highest BCUT2D eigenvalue weighted by molar-refractivity contribution is 6.01. The molecule has 5 heteroatoms. The van der Waals surface area contributed by atoms with Crippen LogP contribution in [-0.2, 0) is 4.79 Å². The fourth-order valence-electron chi connectivity index (χ4n) is 1.65. The number of hydrogen-bond acceptors (Lipinski definition) is 4. The first kappa shape index (κ1) is 13.0. The normalized spacial score (nSPS) is 12.9. The SMILES string of the molecule is CCCNC(=O)/C(C#N)=C\c1ccc2c(c1)OCO2. The fraction of sp³-hybridized carbons (Fsp3) is 0.286. The first-order chi connectivity index (χ1) is 9.24. The minimum absolute atomic E-state index is 0.0762. The highest BCUT2D eigenvalue weighted by atomic mass is 16.7. The lowest BCUT2D eigenvalue weighted by Gasteiger charge is -2.02. The van der Waals surface area contributed by atoms with Crippen molar-refractivity contribution in [3.05, 3.63) is 29.3 Å². The van der Waals surface area contributed by atoms with Crippen LogP contribution in [-0.4, -0.2) is 19.2 Å². The molecular weight excluding hydrogens is 244 g/mol. The smallest absolute Gasteiger partial charge is 0.261 e. The standard InChI is InChI=1S/C14H14N2O3/c1-2-5-16-14(17)11(8-15)6-10-3-4-12-13(7-10)19-9-18-12/h3-4,6-7H,2,5,9H2,1H3,(H,16,17)/b11-6-. The number of carbonyl (C=O) groups excluding carboxylic acids is 1. The largest absolute Gasteiger partial charge is 0.454 e. The van der Waals surface area contributed by atoms with Crippen LogP contribution in [0.4, 0.5) is 0 Å². The Morgan fingerprint density at radius 2 is 2.26 bits per heavy atom. The van der Waals surface area contributed by atoms with Crippen LogP contribution in [0.1, 0.15) is 18.9 Å². The van der Waals surface area contributed by atoms with Gasteiger partial charge >= 0.3 is 0 Å². The van der Waals surface area contributed by atoms with Gasteiger partial charge in [0.15, 0.2) is 11.5 Å². The summed E-state index contributed by atoms with van der Waals surface area (Å²) in [5.41, 5.74) is 0.805. The number of nitrogens with zero attached hydrogens (tertiary/aromatic N) is 1. The quantitative estimate of drug-likeness (QED) is 0.661. The molecule has 0 atom stereocenters. The summed E-state index contributed by atoms with van der Waals surface area (Å²) in [4.78, 5) is 11.7. The molecule has 1 N–H and O–H groups in total. The number of benzene rings is 1. The average Bonchev–Trinajstić information content (AvgIpc) is 2.89. The molecule has 1 aromatic carbocycles. The Labute approximate surface area is 111 Å². The Hall–Kier alpha value is -2.48. The van der Waals surface area contributed by atoms with Gasteiger partial charge in [0.1, 0.15) is 11.6 Å². The van der Waals surface area contributed by atoms with Gasteiger partial charge in [0.2, 0.25) is 6.79 Å². The van der Waals surface area contributed by atoms with Gasteiger partial charge in [0.05, 0.1) is 0 Å². The Morgan fingerprint density at radius 3 is 3.00 bits per heavy atom. The Kier molecular flexibility index (Phi) is 4.04. The monoisotopic (exact) mass is 258 g/mol. The van der Waals surface area contributed by atoms with Gasteiger partial charge in [-0.3, -0.25) is 4.79 Å². The summed E-state index contributed by atoms with van der Waals surface area (Å²) in [7, 11) is 0. The summed E-state index contributed by atoms with van der Waals surface area (Å²) in [5.74, 6) is 0.938. The second kappa shape index (κ2) is 5.91. The molecule has 19 heavy (non-hydrogen) atoms. The topological polar surface area (TPSA) is 71.4 Å². The minimum Gasteiger partial charge on any atom is -0.454 e. The number of nitrogens with one attached hydrogen (secondary N) is 1. The van der Waals surface area contributed by atoms with Crippen molar-refractivity contribution < 1.29 is 14.3 Å². The van der Waals surface area contributed by atoms with Crippen LogP contribution < -0.4 is 14.8 Å². The second-order valence-corrected chi connectivity index (χ2v) is 4.04. The maximum absolute atomic E-state index is 11.7. The molecule has 2 rings (SSSR count). The molecule has 0 unspecified atom stereocenters. The van der Waals surface area contributed by atoms with E-state index in [1.54, 1.807) is 18.2 Å². The van der Waals surface area contributed by atoms with Crippen molar-refractivity contribution >= 4 is 12.0 Å². The third-order valence-electron chi connectivity index (χ3n) is 2.61. The molecule has 0 saturated carbocycles. The number of amides is 1. The van der Waals surface area contributed by atoms with E-state index in [0.29, 0.717) is 18.0 Å². The lowest BCUT2D eigenvalue weighted by Crippen LogP contribution is -2.25. The zero-order valence-corrected chi connectivity index (χ0v) is 10.6. The van der Waals surface area contributed by atoms with Gasteiger partial charge < -0.3 is 14.8 Å². The summed E-state index contributed by atoms with van der Waals surface area (Å²) in [6.45, 7) is 2.71. The van der Waals surface area contributed by atoms with Crippen molar-refractivity contribution in [1.29, 1.82) is 5.26 Å². The molecule has 98 valence electrons. The third-order valence-corrected chi connectivity index (χ3v) is 2.61. The number of hydrogen-bond donors (Lipinski definition) is 1. The van der Waals surface area contributed by atoms with Crippen molar-refractivity contribution in [2.24, 2.45) is 0 Å². The Morgan fingerprint density at radius 1 is 1.47 bits per heavy atom. The van der Waals surface area contributed by atoms with E-state index in [9.17, 15) is 4.79 Å². The molecule has 1 aliphatic heterocycles. The molecule has 1 heterocycles. The van der Waals surface area contributed by atoms with E-state index < -0.39 is 0 Å². The number of rotatable bonds is 4. The fourth-order valence-corrected chi connectivity index (χ4v) is 1.65. The number of nitriles is 1. The molecule has 0 radical (unpaired) electrons. The van der Waals surface area contributed by atoms with Crippen LogP contribution in [0.25, 0.3) is 6.08 Å². The van der Waals surface area contributed by atoms with Gasteiger partial charge in [0, 0.05) is 6.54 Å². The Bertz CT molecular complexity index is 558. The van der Waals surface area contributed by atoms with Crippen LogP contribution in [0.15, 0.2) is 23.8 Å². The average molecular weight is 258 g/mol. The van der Waals surface area contributed by atoms with Crippen molar-refractivity contribution in [1.82, 2.24) is 5.32 Å². The molecule has 0 bridgehead atoms.